The van der Waals surface area contributed by atoms with Gasteiger partial charge in [-0.3, -0.25) is 0 Å². The topological polar surface area (TPSA) is 59.1 Å². The summed E-state index contributed by atoms with van der Waals surface area (Å²) in [5.41, 5.74) is 1.96. The first-order chi connectivity index (χ1) is 11.6. The minimum absolute atomic E-state index is 0.623. The zero-order chi connectivity index (χ0) is 17.4. The van der Waals surface area contributed by atoms with Gasteiger partial charge in [0.2, 0.25) is 5.95 Å². The van der Waals surface area contributed by atoms with Crippen molar-refractivity contribution in [3.63, 3.8) is 0 Å². The molecule has 5 nitrogen and oxygen atoms in total. The van der Waals surface area contributed by atoms with Gasteiger partial charge in [0, 0.05) is 48.6 Å². The third-order valence-corrected chi connectivity index (χ3v) is 3.97. The molecule has 0 spiro atoms. The number of benzene rings is 1. The highest BCUT2D eigenvalue weighted by atomic mass is 35.5. The summed E-state index contributed by atoms with van der Waals surface area (Å²) in [4.78, 5) is 8.85. The zero-order valence-corrected chi connectivity index (χ0v) is 15.4. The lowest BCUT2D eigenvalue weighted by atomic mass is 10.1. The van der Waals surface area contributed by atoms with E-state index in [4.69, 9.17) is 27.9 Å². The maximum atomic E-state index is 6.19. The molecule has 0 bridgehead atoms. The predicted molar refractivity (Wildman–Crippen MR) is 100 cm³/mol. The fraction of sp³-hybridized carbons (Fsp3) is 0.412. The number of methoxy groups -OCH3 is 1. The molecule has 0 atom stereocenters. The lowest BCUT2D eigenvalue weighted by Gasteiger charge is -2.10. The van der Waals surface area contributed by atoms with Crippen molar-refractivity contribution in [3.8, 4) is 0 Å². The Morgan fingerprint density at radius 3 is 2.67 bits per heavy atom. The van der Waals surface area contributed by atoms with E-state index in [2.05, 4.69) is 20.6 Å². The van der Waals surface area contributed by atoms with E-state index in [0.29, 0.717) is 22.6 Å². The second kappa shape index (κ2) is 9.67. The second-order valence-corrected chi connectivity index (χ2v) is 6.25. The summed E-state index contributed by atoms with van der Waals surface area (Å²) in [7, 11) is 1.69. The van der Waals surface area contributed by atoms with Gasteiger partial charge in [-0.25, -0.2) is 4.98 Å². The Morgan fingerprint density at radius 2 is 1.92 bits per heavy atom. The first kappa shape index (κ1) is 18.8. The van der Waals surface area contributed by atoms with Crippen molar-refractivity contribution in [2.24, 2.45) is 0 Å². The lowest BCUT2D eigenvalue weighted by molar-refractivity contribution is 0.197. The number of anilines is 2. The van der Waals surface area contributed by atoms with E-state index in [0.717, 1.165) is 43.0 Å². The predicted octanol–water partition coefficient (Wildman–Crippen LogP) is 4.19. The Balaban J connectivity index is 1.88. The number of hydrogen-bond donors (Lipinski definition) is 2. The molecule has 0 aliphatic heterocycles. The van der Waals surface area contributed by atoms with Crippen LogP contribution in [0.5, 0.6) is 0 Å². The summed E-state index contributed by atoms with van der Waals surface area (Å²) in [6.07, 6.45) is 1.70. The molecule has 2 aromatic rings. The van der Waals surface area contributed by atoms with E-state index in [1.807, 2.05) is 25.1 Å². The quantitative estimate of drug-likeness (QED) is 0.649. The lowest BCUT2D eigenvalue weighted by Crippen LogP contribution is -2.11. The Bertz CT molecular complexity index is 667. The number of aryl methyl sites for hydroxylation is 1. The van der Waals surface area contributed by atoms with Crippen molar-refractivity contribution in [2.45, 2.75) is 19.8 Å². The third-order valence-electron chi connectivity index (χ3n) is 3.38. The molecule has 0 radical (unpaired) electrons. The molecule has 0 saturated carbocycles. The standard InChI is InChI=1S/C17H22Cl2N4O/c1-12-10-16(23-17(22-12)21-7-3-9-24-2)20-8-6-13-4-5-14(18)11-15(13)19/h4-5,10-11H,3,6-9H2,1-2H3,(H2,20,21,22,23). The normalized spacial score (nSPS) is 10.7. The van der Waals surface area contributed by atoms with Gasteiger partial charge in [-0.1, -0.05) is 29.3 Å². The molecule has 0 unspecified atom stereocenters. The monoisotopic (exact) mass is 368 g/mol. The number of rotatable bonds is 9. The summed E-state index contributed by atoms with van der Waals surface area (Å²) in [6.45, 7) is 4.16. The van der Waals surface area contributed by atoms with E-state index in [9.17, 15) is 0 Å². The molecule has 0 aliphatic rings. The number of aromatic nitrogens is 2. The SMILES string of the molecule is COCCCNc1nc(C)cc(NCCc2ccc(Cl)cc2Cl)n1. The zero-order valence-electron chi connectivity index (χ0n) is 13.9. The van der Waals surface area contributed by atoms with Gasteiger partial charge in [-0.05, 0) is 37.5 Å². The Kier molecular flexibility index (Phi) is 7.56. The van der Waals surface area contributed by atoms with Crippen molar-refractivity contribution in [3.05, 3.63) is 45.6 Å². The van der Waals surface area contributed by atoms with E-state index < -0.39 is 0 Å². The van der Waals surface area contributed by atoms with Crippen LogP contribution in [0.25, 0.3) is 0 Å². The summed E-state index contributed by atoms with van der Waals surface area (Å²) >= 11 is 12.1. The van der Waals surface area contributed by atoms with E-state index in [1.54, 1.807) is 13.2 Å². The summed E-state index contributed by atoms with van der Waals surface area (Å²) in [5.74, 6) is 1.42. The molecule has 2 rings (SSSR count). The van der Waals surface area contributed by atoms with Gasteiger partial charge in [0.05, 0.1) is 0 Å². The molecule has 0 saturated heterocycles. The molecule has 1 aromatic heterocycles. The molecule has 1 heterocycles. The fourth-order valence-corrected chi connectivity index (χ4v) is 2.71. The van der Waals surface area contributed by atoms with Gasteiger partial charge in [-0.2, -0.15) is 4.98 Å². The molecule has 130 valence electrons. The first-order valence-corrected chi connectivity index (χ1v) is 8.60. The highest BCUT2D eigenvalue weighted by molar-refractivity contribution is 6.35. The van der Waals surface area contributed by atoms with E-state index in [-0.39, 0.29) is 0 Å². The summed E-state index contributed by atoms with van der Waals surface area (Å²) < 4.78 is 5.03. The first-order valence-electron chi connectivity index (χ1n) is 7.85. The molecule has 1 aromatic carbocycles. The maximum absolute atomic E-state index is 6.19. The molecule has 0 aliphatic carbocycles. The molecule has 2 N–H and O–H groups in total. The van der Waals surface area contributed by atoms with Crippen LogP contribution in [-0.4, -0.2) is 36.8 Å². The fourth-order valence-electron chi connectivity index (χ4n) is 2.20. The highest BCUT2D eigenvalue weighted by Gasteiger charge is 2.04. The van der Waals surface area contributed by atoms with Gasteiger partial charge in [0.1, 0.15) is 5.82 Å². The van der Waals surface area contributed by atoms with Gasteiger partial charge in [0.25, 0.3) is 0 Å². The van der Waals surface area contributed by atoms with Crippen LogP contribution in [0.2, 0.25) is 10.0 Å². The maximum Gasteiger partial charge on any atom is 0.224 e. The Morgan fingerprint density at radius 1 is 1.08 bits per heavy atom. The van der Waals surface area contributed by atoms with Gasteiger partial charge < -0.3 is 15.4 Å². The number of nitrogens with one attached hydrogen (secondary N) is 2. The van der Waals surface area contributed by atoms with Gasteiger partial charge in [0.15, 0.2) is 0 Å². The summed E-state index contributed by atoms with van der Waals surface area (Å²) in [5, 5.41) is 7.85. The Labute approximate surface area is 152 Å². The van der Waals surface area contributed by atoms with Crippen LogP contribution in [0.3, 0.4) is 0 Å². The average Bonchev–Trinajstić information content (AvgIpc) is 2.53. The molecule has 0 fully saturated rings. The second-order valence-electron chi connectivity index (χ2n) is 5.40. The third kappa shape index (κ3) is 6.15. The minimum Gasteiger partial charge on any atom is -0.385 e. The molecule has 0 amide bonds. The summed E-state index contributed by atoms with van der Waals surface area (Å²) in [6, 6.07) is 7.47. The van der Waals surface area contributed by atoms with Crippen LogP contribution in [-0.2, 0) is 11.2 Å². The molecule has 24 heavy (non-hydrogen) atoms. The molecule has 7 heteroatoms. The van der Waals surface area contributed by atoms with Crippen molar-refractivity contribution in [1.82, 2.24) is 9.97 Å². The number of halogens is 2. The highest BCUT2D eigenvalue weighted by Crippen LogP contribution is 2.21. The van der Waals surface area contributed by atoms with Crippen molar-refractivity contribution in [1.29, 1.82) is 0 Å². The average molecular weight is 369 g/mol. The van der Waals surface area contributed by atoms with Crippen LogP contribution in [0, 0.1) is 6.92 Å². The van der Waals surface area contributed by atoms with Crippen LogP contribution in [0.1, 0.15) is 17.7 Å². The van der Waals surface area contributed by atoms with Crippen LogP contribution in [0.4, 0.5) is 11.8 Å². The molecular weight excluding hydrogens is 347 g/mol. The number of hydrogen-bond acceptors (Lipinski definition) is 5. The van der Waals surface area contributed by atoms with Crippen LogP contribution < -0.4 is 10.6 Å². The van der Waals surface area contributed by atoms with Crippen molar-refractivity contribution in [2.75, 3.05) is 37.4 Å². The number of nitrogens with zero attached hydrogens (tertiary/aromatic N) is 2. The van der Waals surface area contributed by atoms with Crippen LogP contribution >= 0.6 is 23.2 Å². The van der Waals surface area contributed by atoms with Crippen LogP contribution in [0.15, 0.2) is 24.3 Å². The van der Waals surface area contributed by atoms with Gasteiger partial charge >= 0.3 is 0 Å². The largest absolute Gasteiger partial charge is 0.385 e. The van der Waals surface area contributed by atoms with Crippen molar-refractivity contribution >= 4 is 35.0 Å². The minimum atomic E-state index is 0.623. The smallest absolute Gasteiger partial charge is 0.224 e. The Hall–Kier alpha value is -1.56. The number of ether oxygens (including phenoxy) is 1. The molecular formula is C17H22Cl2N4O. The van der Waals surface area contributed by atoms with Crippen molar-refractivity contribution < 1.29 is 4.74 Å². The van der Waals surface area contributed by atoms with E-state index in [1.165, 1.54) is 0 Å². The van der Waals surface area contributed by atoms with Gasteiger partial charge in [-0.15, -0.1) is 0 Å². The van der Waals surface area contributed by atoms with E-state index >= 15 is 0 Å².